The highest BCUT2D eigenvalue weighted by Gasteiger charge is 2.22. The molecular formula is C16H26N3O2S. The van der Waals surface area contributed by atoms with Crippen LogP contribution in [0, 0.1) is 13.1 Å². The zero-order chi connectivity index (χ0) is 15.8. The summed E-state index contributed by atoms with van der Waals surface area (Å²) in [5.74, 6) is 2.56. The molecule has 123 valence electrons. The minimum absolute atomic E-state index is 0.237. The van der Waals surface area contributed by atoms with Gasteiger partial charge in [-0.3, -0.25) is 4.79 Å². The zero-order valence-electron chi connectivity index (χ0n) is 13.4. The van der Waals surface area contributed by atoms with Gasteiger partial charge in [0, 0.05) is 19.2 Å². The summed E-state index contributed by atoms with van der Waals surface area (Å²) < 4.78 is 13.4. The van der Waals surface area contributed by atoms with Gasteiger partial charge in [-0.1, -0.05) is 30.4 Å². The number of hydrogen-bond donors (Lipinski definition) is 0. The van der Waals surface area contributed by atoms with Gasteiger partial charge >= 0.3 is 0 Å². The van der Waals surface area contributed by atoms with Crippen molar-refractivity contribution in [3.05, 3.63) is 18.2 Å². The Bertz CT molecular complexity index is 456. The second kappa shape index (κ2) is 9.20. The van der Waals surface area contributed by atoms with E-state index in [1.165, 1.54) is 12.8 Å². The molecule has 1 aromatic rings. The van der Waals surface area contributed by atoms with E-state index in [9.17, 15) is 9.35 Å². The first-order valence-corrected chi connectivity index (χ1v) is 9.68. The number of nitrogens with zero attached hydrogens (tertiary/aromatic N) is 3. The Balaban J connectivity index is 1.47. The van der Waals surface area contributed by atoms with E-state index in [2.05, 4.69) is 15.7 Å². The van der Waals surface area contributed by atoms with E-state index in [1.54, 1.807) is 0 Å². The first kappa shape index (κ1) is 17.3. The number of hydrogen-bond acceptors (Lipinski definition) is 3. The molecule has 0 N–H and O–H groups in total. The third-order valence-corrected chi connectivity index (χ3v) is 5.45. The average molecular weight is 324 g/mol. The van der Waals surface area contributed by atoms with Crippen LogP contribution in [0.1, 0.15) is 44.3 Å². The lowest BCUT2D eigenvalue weighted by Gasteiger charge is -2.28. The SMILES string of the molecule is Cc1n[c]cn1CCCCCCCC(=O)N1CC[S+]([O-])CC1. The van der Waals surface area contributed by atoms with Crippen molar-refractivity contribution in [2.75, 3.05) is 24.6 Å². The molecule has 2 rings (SSSR count). The van der Waals surface area contributed by atoms with Crippen LogP contribution in [0.3, 0.4) is 0 Å². The molecular weight excluding hydrogens is 298 g/mol. The molecule has 1 amide bonds. The van der Waals surface area contributed by atoms with E-state index in [0.29, 0.717) is 31.0 Å². The Kier molecular flexibility index (Phi) is 7.25. The average Bonchev–Trinajstić information content (AvgIpc) is 2.92. The Labute approximate surface area is 136 Å². The van der Waals surface area contributed by atoms with Crippen molar-refractivity contribution >= 4 is 17.1 Å². The van der Waals surface area contributed by atoms with Gasteiger partial charge in [0.05, 0.1) is 13.1 Å². The summed E-state index contributed by atoms with van der Waals surface area (Å²) in [5.41, 5.74) is 0. The highest BCUT2D eigenvalue weighted by Crippen LogP contribution is 2.11. The molecule has 1 fully saturated rings. The molecule has 6 heteroatoms. The molecule has 0 spiro atoms. The van der Waals surface area contributed by atoms with Crippen molar-refractivity contribution in [1.29, 1.82) is 0 Å². The molecule has 1 saturated heterocycles. The number of imidazole rings is 1. The highest BCUT2D eigenvalue weighted by molar-refractivity contribution is 7.91. The third kappa shape index (κ3) is 5.65. The van der Waals surface area contributed by atoms with Crippen molar-refractivity contribution in [3.63, 3.8) is 0 Å². The lowest BCUT2D eigenvalue weighted by atomic mass is 10.1. The fraction of sp³-hybridized carbons (Fsp3) is 0.750. The van der Waals surface area contributed by atoms with Crippen LogP contribution in [-0.4, -0.2) is 49.5 Å². The van der Waals surface area contributed by atoms with Crippen LogP contribution in [0.15, 0.2) is 6.20 Å². The summed E-state index contributed by atoms with van der Waals surface area (Å²) in [7, 11) is 0. The Morgan fingerprint density at radius 2 is 1.95 bits per heavy atom. The second-order valence-corrected chi connectivity index (χ2v) is 7.55. The normalized spacial score (nSPS) is 16.2. The number of aromatic nitrogens is 2. The monoisotopic (exact) mass is 324 g/mol. The van der Waals surface area contributed by atoms with Gasteiger partial charge in [0.1, 0.15) is 23.5 Å². The van der Waals surface area contributed by atoms with E-state index < -0.39 is 11.2 Å². The quantitative estimate of drug-likeness (QED) is 0.542. The van der Waals surface area contributed by atoms with Gasteiger partial charge in [-0.05, 0) is 19.8 Å². The molecule has 0 bridgehead atoms. The number of aryl methyl sites for hydroxylation is 2. The maximum absolute atomic E-state index is 12.0. The molecule has 0 unspecified atom stereocenters. The minimum Gasteiger partial charge on any atom is -0.616 e. The van der Waals surface area contributed by atoms with Crippen LogP contribution in [0.4, 0.5) is 0 Å². The molecule has 0 atom stereocenters. The molecule has 1 aromatic heterocycles. The molecule has 5 nitrogen and oxygen atoms in total. The van der Waals surface area contributed by atoms with Crippen LogP contribution in [0.5, 0.6) is 0 Å². The second-order valence-electron chi connectivity index (χ2n) is 5.86. The van der Waals surface area contributed by atoms with Gasteiger partial charge in [0.15, 0.2) is 0 Å². The Hall–Kier alpha value is -1.01. The Morgan fingerprint density at radius 3 is 2.64 bits per heavy atom. The van der Waals surface area contributed by atoms with Gasteiger partial charge < -0.3 is 14.0 Å². The summed E-state index contributed by atoms with van der Waals surface area (Å²) in [5, 5.41) is 0. The molecule has 1 aliphatic heterocycles. The first-order chi connectivity index (χ1) is 10.7. The molecule has 0 saturated carbocycles. The van der Waals surface area contributed by atoms with Crippen LogP contribution >= 0.6 is 0 Å². The Morgan fingerprint density at radius 1 is 1.27 bits per heavy atom. The predicted octanol–water partition coefficient (Wildman–Crippen LogP) is 1.92. The van der Waals surface area contributed by atoms with E-state index in [-0.39, 0.29) is 5.91 Å². The molecule has 0 aromatic carbocycles. The van der Waals surface area contributed by atoms with E-state index in [0.717, 1.165) is 31.6 Å². The summed E-state index contributed by atoms with van der Waals surface area (Å²) in [4.78, 5) is 18.0. The summed E-state index contributed by atoms with van der Waals surface area (Å²) in [6, 6.07) is 0. The van der Waals surface area contributed by atoms with Gasteiger partial charge in [-0.25, -0.2) is 4.98 Å². The number of unbranched alkanes of at least 4 members (excludes halogenated alkanes) is 4. The minimum atomic E-state index is -0.706. The maximum Gasteiger partial charge on any atom is 0.222 e. The standard InChI is InChI=1S/C16H26N3O2S/c1-15-17-8-10-18(15)9-6-4-2-3-5-7-16(20)19-11-13-22(21)14-12-19/h10H,2-7,9,11-14H2,1H3. The fourth-order valence-electron chi connectivity index (χ4n) is 2.71. The summed E-state index contributed by atoms with van der Waals surface area (Å²) in [6.07, 6.45) is 11.0. The smallest absolute Gasteiger partial charge is 0.222 e. The molecule has 2 heterocycles. The fourth-order valence-corrected chi connectivity index (χ4v) is 3.76. The topological polar surface area (TPSA) is 61.2 Å². The number of carbonyl (C=O) groups excluding carboxylic acids is 1. The van der Waals surface area contributed by atoms with Crippen molar-refractivity contribution < 1.29 is 9.35 Å². The molecule has 0 aliphatic carbocycles. The lowest BCUT2D eigenvalue weighted by molar-refractivity contribution is -0.131. The summed E-state index contributed by atoms with van der Waals surface area (Å²) >= 11 is -0.706. The number of rotatable bonds is 8. The summed E-state index contributed by atoms with van der Waals surface area (Å²) in [6.45, 7) is 4.35. The molecule has 1 radical (unpaired) electrons. The van der Waals surface area contributed by atoms with Crippen LogP contribution in [0.25, 0.3) is 0 Å². The number of amides is 1. The molecule has 22 heavy (non-hydrogen) atoms. The van der Waals surface area contributed by atoms with Crippen molar-refractivity contribution in [3.8, 4) is 0 Å². The van der Waals surface area contributed by atoms with Crippen molar-refractivity contribution in [2.45, 2.75) is 52.0 Å². The largest absolute Gasteiger partial charge is 0.616 e. The van der Waals surface area contributed by atoms with Crippen molar-refractivity contribution in [1.82, 2.24) is 14.5 Å². The number of carbonyl (C=O) groups is 1. The first-order valence-electron chi connectivity index (χ1n) is 8.19. The van der Waals surface area contributed by atoms with Gasteiger partial charge in [0.2, 0.25) is 5.91 Å². The zero-order valence-corrected chi connectivity index (χ0v) is 14.2. The third-order valence-electron chi connectivity index (χ3n) is 4.18. The molecule has 1 aliphatic rings. The highest BCUT2D eigenvalue weighted by atomic mass is 32.2. The van der Waals surface area contributed by atoms with E-state index in [1.807, 2.05) is 18.0 Å². The van der Waals surface area contributed by atoms with Crippen LogP contribution in [0.2, 0.25) is 0 Å². The van der Waals surface area contributed by atoms with Gasteiger partial charge in [-0.2, -0.15) is 0 Å². The van der Waals surface area contributed by atoms with Gasteiger partial charge in [-0.15, -0.1) is 0 Å². The van der Waals surface area contributed by atoms with Crippen LogP contribution in [-0.2, 0) is 22.5 Å². The van der Waals surface area contributed by atoms with Crippen molar-refractivity contribution in [2.24, 2.45) is 0 Å². The lowest BCUT2D eigenvalue weighted by Crippen LogP contribution is -2.43. The predicted molar refractivity (Wildman–Crippen MR) is 88.0 cm³/mol. The van der Waals surface area contributed by atoms with E-state index in [4.69, 9.17) is 0 Å². The van der Waals surface area contributed by atoms with Crippen LogP contribution < -0.4 is 0 Å². The van der Waals surface area contributed by atoms with Gasteiger partial charge in [0.25, 0.3) is 0 Å². The van der Waals surface area contributed by atoms with E-state index >= 15 is 0 Å². The maximum atomic E-state index is 12.0.